The van der Waals surface area contributed by atoms with Gasteiger partial charge < -0.3 is 21.2 Å². The van der Waals surface area contributed by atoms with E-state index in [9.17, 15) is 4.79 Å². The van der Waals surface area contributed by atoms with Crippen LogP contribution in [0.25, 0.3) is 11.1 Å². The number of benzene rings is 3. The molecule has 5 heteroatoms. The molecule has 3 rings (SSSR count). The Morgan fingerprint density at radius 3 is 2.36 bits per heavy atom. The average molecular weight is 482 g/mol. The summed E-state index contributed by atoms with van der Waals surface area (Å²) in [5, 5.41) is 10.3. The number of hydrogen-bond acceptors (Lipinski definition) is 4. The Bertz CT molecular complexity index is 1210. The topological polar surface area (TPSA) is 88.2 Å². The summed E-state index contributed by atoms with van der Waals surface area (Å²) in [4.78, 5) is 11.2. The summed E-state index contributed by atoms with van der Waals surface area (Å²) in [5.41, 5.74) is 13.0. The molecule has 0 fully saturated rings. The Kier molecular flexibility index (Phi) is 10.1. The van der Waals surface area contributed by atoms with Gasteiger partial charge in [0.05, 0.1) is 6.61 Å². The number of ether oxygens (including phenoxy) is 1. The zero-order valence-corrected chi connectivity index (χ0v) is 21.1. The zero-order valence-electron chi connectivity index (χ0n) is 21.1. The number of likely N-dealkylation sites (N-methyl/N-ethyl adjacent to an activating group) is 1. The molecule has 0 saturated carbocycles. The molecule has 0 spiro atoms. The SMILES string of the molecule is CC/C(=C(/c1ccc(OCCCC/C=C/C(=O)NC)cc1)c1ccc(N)c(C=N)c1)c1ccccc1. The lowest BCUT2D eigenvalue weighted by Gasteiger charge is -2.18. The van der Waals surface area contributed by atoms with Crippen molar-refractivity contribution in [3.63, 3.8) is 0 Å². The van der Waals surface area contributed by atoms with Crippen molar-refractivity contribution in [3.05, 3.63) is 107 Å². The molecule has 0 atom stereocenters. The molecule has 0 aromatic heterocycles. The first-order valence-corrected chi connectivity index (χ1v) is 12.4. The van der Waals surface area contributed by atoms with Crippen LogP contribution >= 0.6 is 0 Å². The number of nitrogens with two attached hydrogens (primary N) is 1. The van der Waals surface area contributed by atoms with Crippen LogP contribution in [-0.4, -0.2) is 25.8 Å². The number of carbonyl (C=O) groups is 1. The summed E-state index contributed by atoms with van der Waals surface area (Å²) >= 11 is 0. The fourth-order valence-corrected chi connectivity index (χ4v) is 4.08. The quantitative estimate of drug-likeness (QED) is 0.0908. The van der Waals surface area contributed by atoms with Crippen LogP contribution in [0.3, 0.4) is 0 Å². The molecule has 3 aromatic rings. The summed E-state index contributed by atoms with van der Waals surface area (Å²) in [6.07, 6.45) is 8.34. The number of anilines is 1. The predicted molar refractivity (Wildman–Crippen MR) is 150 cm³/mol. The lowest BCUT2D eigenvalue weighted by atomic mass is 9.87. The molecule has 0 radical (unpaired) electrons. The maximum Gasteiger partial charge on any atom is 0.243 e. The molecule has 4 N–H and O–H groups in total. The van der Waals surface area contributed by atoms with Gasteiger partial charge in [0.25, 0.3) is 0 Å². The van der Waals surface area contributed by atoms with E-state index in [1.165, 1.54) is 17.4 Å². The molecular weight excluding hydrogens is 446 g/mol. The molecule has 0 unspecified atom stereocenters. The first-order chi connectivity index (χ1) is 17.6. The minimum Gasteiger partial charge on any atom is -0.494 e. The van der Waals surface area contributed by atoms with E-state index >= 15 is 0 Å². The lowest BCUT2D eigenvalue weighted by molar-refractivity contribution is -0.116. The van der Waals surface area contributed by atoms with Crippen LogP contribution in [0.5, 0.6) is 5.75 Å². The Morgan fingerprint density at radius 2 is 1.69 bits per heavy atom. The van der Waals surface area contributed by atoms with Gasteiger partial charge in [0.2, 0.25) is 5.91 Å². The van der Waals surface area contributed by atoms with Crippen molar-refractivity contribution in [3.8, 4) is 5.75 Å². The fourth-order valence-electron chi connectivity index (χ4n) is 4.08. The molecule has 0 bridgehead atoms. The van der Waals surface area contributed by atoms with E-state index in [0.717, 1.165) is 48.1 Å². The van der Waals surface area contributed by atoms with Gasteiger partial charge in [-0.15, -0.1) is 0 Å². The smallest absolute Gasteiger partial charge is 0.243 e. The van der Waals surface area contributed by atoms with Crippen molar-refractivity contribution in [2.45, 2.75) is 32.6 Å². The average Bonchev–Trinajstić information content (AvgIpc) is 2.92. The molecule has 0 aliphatic carbocycles. The van der Waals surface area contributed by atoms with Gasteiger partial charge in [-0.25, -0.2) is 0 Å². The summed E-state index contributed by atoms with van der Waals surface area (Å²) in [7, 11) is 1.62. The minimum absolute atomic E-state index is 0.0775. The Labute approximate surface area is 214 Å². The number of amides is 1. The number of rotatable bonds is 12. The van der Waals surface area contributed by atoms with E-state index in [-0.39, 0.29) is 5.91 Å². The van der Waals surface area contributed by atoms with Crippen molar-refractivity contribution < 1.29 is 9.53 Å². The Hall–Kier alpha value is -4.12. The zero-order chi connectivity index (χ0) is 25.8. The third kappa shape index (κ3) is 7.19. The van der Waals surface area contributed by atoms with Gasteiger partial charge in [0.15, 0.2) is 0 Å². The highest BCUT2D eigenvalue weighted by atomic mass is 16.5. The summed E-state index contributed by atoms with van der Waals surface area (Å²) in [6.45, 7) is 2.79. The molecule has 0 aliphatic heterocycles. The largest absolute Gasteiger partial charge is 0.494 e. The second-order valence-corrected chi connectivity index (χ2v) is 8.45. The van der Waals surface area contributed by atoms with E-state index in [4.69, 9.17) is 15.9 Å². The maximum absolute atomic E-state index is 11.2. The van der Waals surface area contributed by atoms with Gasteiger partial charge >= 0.3 is 0 Å². The van der Waals surface area contributed by atoms with Crippen molar-refractivity contribution in [1.29, 1.82) is 5.41 Å². The Balaban J connectivity index is 1.81. The number of unbranched alkanes of at least 4 members (excludes halogenated alkanes) is 2. The second kappa shape index (κ2) is 13.7. The van der Waals surface area contributed by atoms with Gasteiger partial charge in [-0.05, 0) is 83.9 Å². The monoisotopic (exact) mass is 481 g/mol. The van der Waals surface area contributed by atoms with E-state index in [1.807, 2.05) is 42.5 Å². The molecule has 1 amide bonds. The van der Waals surface area contributed by atoms with Crippen LogP contribution in [-0.2, 0) is 4.79 Å². The van der Waals surface area contributed by atoms with Crippen molar-refractivity contribution in [2.75, 3.05) is 19.4 Å². The lowest BCUT2D eigenvalue weighted by Crippen LogP contribution is -2.13. The molecule has 186 valence electrons. The predicted octanol–water partition coefficient (Wildman–Crippen LogP) is 6.49. The van der Waals surface area contributed by atoms with Gasteiger partial charge in [-0.3, -0.25) is 4.79 Å². The standard InChI is InChI=1S/C31H35N3O2/c1-3-28(23-11-7-6-8-12-23)31(25-16-19-29(33)26(21-25)22-32)24-14-17-27(18-15-24)36-20-10-5-4-9-13-30(35)34-2/h6-9,11-19,21-22,32H,3-5,10,20,33H2,1-2H3,(H,34,35)/b13-9+,31-28+,32-22?. The van der Waals surface area contributed by atoms with Crippen LogP contribution < -0.4 is 15.8 Å². The molecule has 0 aliphatic rings. The molecule has 36 heavy (non-hydrogen) atoms. The molecule has 5 nitrogen and oxygen atoms in total. The van der Waals surface area contributed by atoms with E-state index in [2.05, 4.69) is 48.6 Å². The van der Waals surface area contributed by atoms with Crippen LogP contribution in [0.2, 0.25) is 0 Å². The van der Waals surface area contributed by atoms with Crippen molar-refractivity contribution >= 4 is 29.0 Å². The van der Waals surface area contributed by atoms with Crippen LogP contribution in [0.4, 0.5) is 5.69 Å². The molecule has 0 heterocycles. The van der Waals surface area contributed by atoms with Crippen LogP contribution in [0.1, 0.15) is 54.9 Å². The molecular formula is C31H35N3O2. The first kappa shape index (κ1) is 26.5. The van der Waals surface area contributed by atoms with Crippen LogP contribution in [0.15, 0.2) is 84.9 Å². The summed E-state index contributed by atoms with van der Waals surface area (Å²) in [6, 6.07) is 24.5. The fraction of sp³-hybridized carbons (Fsp3) is 0.226. The Morgan fingerprint density at radius 1 is 0.972 bits per heavy atom. The van der Waals surface area contributed by atoms with Crippen LogP contribution in [0, 0.1) is 5.41 Å². The second-order valence-electron chi connectivity index (χ2n) is 8.45. The van der Waals surface area contributed by atoms with Gasteiger partial charge in [-0.1, -0.05) is 61.5 Å². The third-order valence-electron chi connectivity index (χ3n) is 6.00. The van der Waals surface area contributed by atoms with Gasteiger partial charge in [-0.2, -0.15) is 0 Å². The number of nitrogens with one attached hydrogen (secondary N) is 2. The highest BCUT2D eigenvalue weighted by Gasteiger charge is 2.14. The van der Waals surface area contributed by atoms with E-state index in [0.29, 0.717) is 17.9 Å². The minimum atomic E-state index is -0.0775. The molecule has 3 aromatic carbocycles. The number of hydrogen-bond donors (Lipinski definition) is 3. The highest BCUT2D eigenvalue weighted by Crippen LogP contribution is 2.36. The maximum atomic E-state index is 11.2. The first-order valence-electron chi connectivity index (χ1n) is 12.4. The highest BCUT2D eigenvalue weighted by molar-refractivity contribution is 6.00. The molecule has 0 saturated heterocycles. The third-order valence-corrected chi connectivity index (χ3v) is 6.00. The normalized spacial score (nSPS) is 11.7. The number of carbonyl (C=O) groups excluding carboxylic acids is 1. The van der Waals surface area contributed by atoms with E-state index < -0.39 is 0 Å². The number of allylic oxidation sites excluding steroid dienone is 2. The van der Waals surface area contributed by atoms with Gasteiger partial charge in [0.1, 0.15) is 5.75 Å². The van der Waals surface area contributed by atoms with Crippen molar-refractivity contribution in [2.24, 2.45) is 0 Å². The van der Waals surface area contributed by atoms with Gasteiger partial charge in [0, 0.05) is 24.5 Å². The number of nitrogen functional groups attached to an aromatic ring is 1. The summed E-state index contributed by atoms with van der Waals surface area (Å²) in [5.74, 6) is 0.750. The van der Waals surface area contributed by atoms with Crippen molar-refractivity contribution in [1.82, 2.24) is 5.32 Å². The summed E-state index contributed by atoms with van der Waals surface area (Å²) < 4.78 is 5.95. The van der Waals surface area contributed by atoms with E-state index in [1.54, 1.807) is 13.1 Å².